The SMILES string of the molecule is Cc1noc(-c2ccc(Br)c(Cl)c2)c1NC(=O)OC(C)c1ccccc1Cl. The number of nitrogens with one attached hydrogen (secondary N) is 1. The van der Waals surface area contributed by atoms with E-state index in [1.807, 2.05) is 12.1 Å². The molecule has 1 heterocycles. The van der Waals surface area contributed by atoms with Crippen molar-refractivity contribution in [3.05, 3.63) is 68.2 Å². The second-order valence-electron chi connectivity index (χ2n) is 5.80. The van der Waals surface area contributed by atoms with Crippen LogP contribution in [0.4, 0.5) is 10.5 Å². The molecule has 27 heavy (non-hydrogen) atoms. The molecule has 1 aromatic heterocycles. The molecule has 140 valence electrons. The van der Waals surface area contributed by atoms with Crippen LogP contribution in [-0.2, 0) is 4.74 Å². The lowest BCUT2D eigenvalue weighted by molar-refractivity contribution is 0.121. The van der Waals surface area contributed by atoms with E-state index in [0.29, 0.717) is 32.8 Å². The minimum absolute atomic E-state index is 0.393. The molecular formula is C19H15BrCl2N2O3. The summed E-state index contributed by atoms with van der Waals surface area (Å²) in [6.45, 7) is 3.47. The third kappa shape index (κ3) is 4.46. The first kappa shape index (κ1) is 19.7. The molecule has 3 aromatic rings. The average Bonchev–Trinajstić information content (AvgIpc) is 2.98. The van der Waals surface area contributed by atoms with Gasteiger partial charge in [0, 0.05) is 20.6 Å². The van der Waals surface area contributed by atoms with Crippen LogP contribution in [0.1, 0.15) is 24.3 Å². The van der Waals surface area contributed by atoms with Gasteiger partial charge in [-0.25, -0.2) is 4.79 Å². The molecule has 0 saturated carbocycles. The predicted octanol–water partition coefficient (Wildman–Crippen LogP) is 7.03. The highest BCUT2D eigenvalue weighted by Gasteiger charge is 2.21. The smallest absolute Gasteiger partial charge is 0.412 e. The molecule has 0 aliphatic carbocycles. The maximum Gasteiger partial charge on any atom is 0.412 e. The number of ether oxygens (including phenoxy) is 1. The van der Waals surface area contributed by atoms with Crippen LogP contribution in [0.15, 0.2) is 51.5 Å². The maximum atomic E-state index is 12.4. The van der Waals surface area contributed by atoms with E-state index in [4.69, 9.17) is 32.5 Å². The van der Waals surface area contributed by atoms with Gasteiger partial charge >= 0.3 is 6.09 Å². The molecular weight excluding hydrogens is 455 g/mol. The highest BCUT2D eigenvalue weighted by molar-refractivity contribution is 9.10. The van der Waals surface area contributed by atoms with Gasteiger partial charge in [0.15, 0.2) is 5.76 Å². The Morgan fingerprint density at radius 2 is 1.96 bits per heavy atom. The van der Waals surface area contributed by atoms with Gasteiger partial charge in [0.1, 0.15) is 17.5 Å². The minimum Gasteiger partial charge on any atom is -0.441 e. The Labute approximate surface area is 174 Å². The van der Waals surface area contributed by atoms with Crippen LogP contribution in [0.2, 0.25) is 10.0 Å². The van der Waals surface area contributed by atoms with Gasteiger partial charge in [0.25, 0.3) is 0 Å². The quantitative estimate of drug-likeness (QED) is 0.445. The van der Waals surface area contributed by atoms with Crippen LogP contribution in [0, 0.1) is 6.92 Å². The molecule has 2 aromatic carbocycles. The van der Waals surface area contributed by atoms with Crippen LogP contribution < -0.4 is 5.32 Å². The van der Waals surface area contributed by atoms with Crippen LogP contribution in [0.5, 0.6) is 0 Å². The van der Waals surface area contributed by atoms with Crippen molar-refractivity contribution >= 4 is 50.9 Å². The van der Waals surface area contributed by atoms with Crippen molar-refractivity contribution in [2.24, 2.45) is 0 Å². The van der Waals surface area contributed by atoms with Crippen molar-refractivity contribution in [1.82, 2.24) is 5.16 Å². The molecule has 8 heteroatoms. The number of halogens is 3. The molecule has 1 unspecified atom stereocenters. The van der Waals surface area contributed by atoms with Crippen molar-refractivity contribution in [3.8, 4) is 11.3 Å². The second-order valence-corrected chi connectivity index (χ2v) is 7.46. The summed E-state index contributed by atoms with van der Waals surface area (Å²) in [7, 11) is 0. The summed E-state index contributed by atoms with van der Waals surface area (Å²) >= 11 is 15.6. The highest BCUT2D eigenvalue weighted by atomic mass is 79.9. The number of aromatic nitrogens is 1. The van der Waals surface area contributed by atoms with Crippen molar-refractivity contribution in [1.29, 1.82) is 0 Å². The Morgan fingerprint density at radius 1 is 1.22 bits per heavy atom. The summed E-state index contributed by atoms with van der Waals surface area (Å²) in [4.78, 5) is 12.4. The minimum atomic E-state index is -0.641. The fourth-order valence-corrected chi connectivity index (χ4v) is 3.23. The van der Waals surface area contributed by atoms with Gasteiger partial charge in [0.05, 0.1) is 5.02 Å². The third-order valence-corrected chi connectivity index (χ3v) is 5.48. The average molecular weight is 470 g/mol. The van der Waals surface area contributed by atoms with Gasteiger partial charge in [-0.1, -0.05) is 46.6 Å². The number of carbonyl (C=O) groups is 1. The van der Waals surface area contributed by atoms with Gasteiger partial charge in [-0.05, 0) is 54.0 Å². The number of rotatable bonds is 4. The highest BCUT2D eigenvalue weighted by Crippen LogP contribution is 2.35. The van der Waals surface area contributed by atoms with E-state index in [1.54, 1.807) is 44.2 Å². The topological polar surface area (TPSA) is 64.4 Å². The van der Waals surface area contributed by atoms with E-state index in [2.05, 4.69) is 26.4 Å². The first-order valence-corrected chi connectivity index (χ1v) is 9.55. The van der Waals surface area contributed by atoms with Crippen LogP contribution >= 0.6 is 39.1 Å². The van der Waals surface area contributed by atoms with E-state index in [-0.39, 0.29) is 0 Å². The van der Waals surface area contributed by atoms with Crippen LogP contribution in [0.3, 0.4) is 0 Å². The van der Waals surface area contributed by atoms with E-state index >= 15 is 0 Å². The number of carbonyl (C=O) groups excluding carboxylic acids is 1. The number of hydrogen-bond donors (Lipinski definition) is 1. The molecule has 0 bridgehead atoms. The lowest BCUT2D eigenvalue weighted by Gasteiger charge is -2.15. The first-order chi connectivity index (χ1) is 12.9. The number of benzene rings is 2. The summed E-state index contributed by atoms with van der Waals surface area (Å²) < 4.78 is 11.6. The number of anilines is 1. The molecule has 0 fully saturated rings. The fourth-order valence-electron chi connectivity index (χ4n) is 2.51. The van der Waals surface area contributed by atoms with E-state index in [1.165, 1.54) is 0 Å². The van der Waals surface area contributed by atoms with E-state index in [9.17, 15) is 4.79 Å². The molecule has 5 nitrogen and oxygen atoms in total. The van der Waals surface area contributed by atoms with E-state index in [0.717, 1.165) is 10.0 Å². The maximum absolute atomic E-state index is 12.4. The zero-order valence-corrected chi connectivity index (χ0v) is 17.5. The summed E-state index contributed by atoms with van der Waals surface area (Å²) in [5.74, 6) is 0.393. The predicted molar refractivity (Wildman–Crippen MR) is 109 cm³/mol. The fraction of sp³-hybridized carbons (Fsp3) is 0.158. The summed E-state index contributed by atoms with van der Waals surface area (Å²) in [5.41, 5.74) is 2.34. The Bertz CT molecular complexity index is 991. The normalized spacial score (nSPS) is 11.9. The Hall–Kier alpha value is -2.02. The molecule has 0 saturated heterocycles. The third-order valence-electron chi connectivity index (χ3n) is 3.90. The van der Waals surface area contributed by atoms with Gasteiger partial charge in [-0.15, -0.1) is 0 Å². The summed E-state index contributed by atoms with van der Waals surface area (Å²) in [6.07, 6.45) is -1.16. The van der Waals surface area contributed by atoms with Crippen molar-refractivity contribution < 1.29 is 14.1 Å². The molecule has 0 aliphatic rings. The van der Waals surface area contributed by atoms with Crippen molar-refractivity contribution in [3.63, 3.8) is 0 Å². The molecule has 3 rings (SSSR count). The molecule has 0 radical (unpaired) electrons. The van der Waals surface area contributed by atoms with E-state index < -0.39 is 12.2 Å². The van der Waals surface area contributed by atoms with Crippen molar-refractivity contribution in [2.45, 2.75) is 20.0 Å². The van der Waals surface area contributed by atoms with Gasteiger partial charge < -0.3 is 9.26 Å². The molecule has 1 atom stereocenters. The number of hydrogen-bond acceptors (Lipinski definition) is 4. The number of nitrogens with zero attached hydrogens (tertiary/aromatic N) is 1. The number of amides is 1. The lowest BCUT2D eigenvalue weighted by Crippen LogP contribution is -2.17. The van der Waals surface area contributed by atoms with Gasteiger partial charge in [-0.3, -0.25) is 5.32 Å². The zero-order chi connectivity index (χ0) is 19.6. The molecule has 0 aliphatic heterocycles. The Kier molecular flexibility index (Phi) is 6.09. The Morgan fingerprint density at radius 3 is 2.67 bits per heavy atom. The van der Waals surface area contributed by atoms with Crippen LogP contribution in [0.25, 0.3) is 11.3 Å². The summed E-state index contributed by atoms with van der Waals surface area (Å²) in [5, 5.41) is 7.67. The second kappa shape index (κ2) is 8.33. The van der Waals surface area contributed by atoms with Gasteiger partial charge in [-0.2, -0.15) is 0 Å². The molecule has 1 N–H and O–H groups in total. The summed E-state index contributed by atoms with van der Waals surface area (Å²) in [6, 6.07) is 12.5. The Balaban J connectivity index is 1.79. The molecule has 0 spiro atoms. The van der Waals surface area contributed by atoms with Gasteiger partial charge in [0.2, 0.25) is 0 Å². The number of aryl methyl sites for hydroxylation is 1. The lowest BCUT2D eigenvalue weighted by atomic mass is 10.1. The first-order valence-electron chi connectivity index (χ1n) is 8.00. The zero-order valence-electron chi connectivity index (χ0n) is 14.4. The largest absolute Gasteiger partial charge is 0.441 e. The van der Waals surface area contributed by atoms with Crippen LogP contribution in [-0.4, -0.2) is 11.2 Å². The standard InChI is InChI=1S/C19H15BrCl2N2O3/c1-10-17(18(27-24-10)12-7-8-14(20)16(22)9-12)23-19(25)26-11(2)13-5-3-4-6-15(13)21/h3-9,11H,1-2H3,(H,23,25). The molecule has 1 amide bonds. The monoisotopic (exact) mass is 468 g/mol. The van der Waals surface area contributed by atoms with Crippen molar-refractivity contribution in [2.75, 3.05) is 5.32 Å².